The van der Waals surface area contributed by atoms with Crippen LogP contribution in [0.2, 0.25) is 0 Å². The van der Waals surface area contributed by atoms with Gasteiger partial charge in [0.15, 0.2) is 0 Å². The number of fused-ring (bicyclic) bond motifs is 2. The number of imidazole rings is 1. The molecule has 4 rings (SSSR count). The molecule has 2 saturated carbocycles. The number of amides is 4. The second-order valence-electron chi connectivity index (χ2n) is 12.1. The number of anilines is 1. The fourth-order valence-corrected chi connectivity index (χ4v) is 6.86. The van der Waals surface area contributed by atoms with Crippen LogP contribution in [-0.2, 0) is 25.7 Å². The summed E-state index contributed by atoms with van der Waals surface area (Å²) in [6, 6.07) is 1.69. The first kappa shape index (κ1) is 31.6. The van der Waals surface area contributed by atoms with Gasteiger partial charge in [-0.15, -0.1) is 0 Å². The average Bonchev–Trinajstić information content (AvgIpc) is 3.47. The minimum Gasteiger partial charge on any atom is -0.350 e. The molecule has 0 aromatic carbocycles. The molecular formula is C30H41N7O6. The number of hydrogen-bond donors (Lipinski definition) is 5. The van der Waals surface area contributed by atoms with Crippen molar-refractivity contribution in [2.45, 2.75) is 83.8 Å². The van der Waals surface area contributed by atoms with Crippen LogP contribution in [0.3, 0.4) is 0 Å². The van der Waals surface area contributed by atoms with E-state index >= 15 is 0 Å². The van der Waals surface area contributed by atoms with Crippen molar-refractivity contribution in [1.29, 1.82) is 0 Å². The third-order valence-electron chi connectivity index (χ3n) is 8.24. The van der Waals surface area contributed by atoms with Crippen LogP contribution in [0.15, 0.2) is 35.6 Å². The van der Waals surface area contributed by atoms with Crippen molar-refractivity contribution < 1.29 is 24.0 Å². The van der Waals surface area contributed by atoms with Crippen LogP contribution >= 0.6 is 0 Å². The van der Waals surface area contributed by atoms with Gasteiger partial charge < -0.3 is 30.8 Å². The third-order valence-corrected chi connectivity index (χ3v) is 8.24. The monoisotopic (exact) mass is 595 g/mol. The summed E-state index contributed by atoms with van der Waals surface area (Å²) in [4.78, 5) is 82.9. The van der Waals surface area contributed by atoms with E-state index in [0.29, 0.717) is 17.8 Å². The molecule has 13 nitrogen and oxygen atoms in total. The lowest BCUT2D eigenvalue weighted by Crippen LogP contribution is -2.57. The first-order valence-corrected chi connectivity index (χ1v) is 14.9. The molecule has 4 amide bonds. The van der Waals surface area contributed by atoms with Crippen molar-refractivity contribution in [3.05, 3.63) is 46.9 Å². The number of likely N-dealkylation sites (N-methyl/N-ethyl adjacent to an activating group) is 1. The molecule has 3 unspecified atom stereocenters. The summed E-state index contributed by atoms with van der Waals surface area (Å²) in [6.45, 7) is 6.17. The number of aromatic nitrogens is 3. The maximum Gasteiger partial charge on any atom is 0.287 e. The second kappa shape index (κ2) is 13.8. The largest absolute Gasteiger partial charge is 0.350 e. The molecule has 2 aliphatic rings. The number of rotatable bonds is 12. The summed E-state index contributed by atoms with van der Waals surface area (Å²) >= 11 is 0. The Bertz CT molecular complexity index is 1380. The van der Waals surface area contributed by atoms with E-state index in [2.05, 4.69) is 45.1 Å². The minimum atomic E-state index is -1.25. The van der Waals surface area contributed by atoms with Crippen LogP contribution in [0.25, 0.3) is 0 Å². The van der Waals surface area contributed by atoms with Crippen molar-refractivity contribution in [1.82, 2.24) is 30.5 Å². The van der Waals surface area contributed by atoms with Crippen LogP contribution < -0.4 is 26.8 Å². The van der Waals surface area contributed by atoms with Crippen LogP contribution in [0, 0.1) is 17.8 Å². The smallest absolute Gasteiger partial charge is 0.287 e. The zero-order valence-corrected chi connectivity index (χ0v) is 24.9. The highest BCUT2D eigenvalue weighted by atomic mass is 16.2. The molecule has 3 atom stereocenters. The molecular weight excluding hydrogens is 554 g/mol. The molecule has 232 valence electrons. The molecule has 2 heterocycles. The van der Waals surface area contributed by atoms with Gasteiger partial charge in [-0.05, 0) is 75.3 Å². The van der Waals surface area contributed by atoms with E-state index in [-0.39, 0.29) is 48.8 Å². The van der Waals surface area contributed by atoms with Gasteiger partial charge in [0.2, 0.25) is 17.6 Å². The van der Waals surface area contributed by atoms with Crippen LogP contribution in [0.5, 0.6) is 0 Å². The lowest BCUT2D eigenvalue weighted by atomic mass is 9.61. The Morgan fingerprint density at radius 2 is 1.84 bits per heavy atom. The third kappa shape index (κ3) is 8.17. The Labute approximate surface area is 250 Å². The van der Waals surface area contributed by atoms with Gasteiger partial charge in [0.25, 0.3) is 17.4 Å². The lowest BCUT2D eigenvalue weighted by Gasteiger charge is -2.50. The molecule has 0 aliphatic heterocycles. The van der Waals surface area contributed by atoms with E-state index in [0.717, 1.165) is 19.3 Å². The predicted octanol–water partition coefficient (Wildman–Crippen LogP) is 1.52. The molecule has 43 heavy (non-hydrogen) atoms. The van der Waals surface area contributed by atoms with Crippen molar-refractivity contribution >= 4 is 35.1 Å². The van der Waals surface area contributed by atoms with Gasteiger partial charge in [-0.3, -0.25) is 28.8 Å². The number of hydrogen-bond acceptors (Lipinski definition) is 7. The summed E-state index contributed by atoms with van der Waals surface area (Å²) in [5.74, 6) is -1.57. The fraction of sp³-hybridized carbons (Fsp3) is 0.567. The molecule has 0 spiro atoms. The SMILES string of the molecule is CCNC(=O)C(=O)CCC(NC(=O)c1cnc[nH]1)C(=O)Nc1cccn(CC(=O)NC23CC(C)CC(CC(C)C2)C3)c1=O. The average molecular weight is 596 g/mol. The highest BCUT2D eigenvalue weighted by Gasteiger charge is 2.45. The second-order valence-corrected chi connectivity index (χ2v) is 12.1. The first-order chi connectivity index (χ1) is 20.5. The van der Waals surface area contributed by atoms with Gasteiger partial charge in [-0.2, -0.15) is 0 Å². The molecule has 2 aromatic rings. The summed E-state index contributed by atoms with van der Waals surface area (Å²) < 4.78 is 1.23. The van der Waals surface area contributed by atoms with Crippen molar-refractivity contribution in [2.24, 2.45) is 17.8 Å². The summed E-state index contributed by atoms with van der Waals surface area (Å²) in [5.41, 5.74) is -0.858. The van der Waals surface area contributed by atoms with E-state index in [1.165, 1.54) is 42.2 Å². The molecule has 0 saturated heterocycles. The molecule has 0 radical (unpaired) electrons. The van der Waals surface area contributed by atoms with E-state index in [4.69, 9.17) is 0 Å². The Kier molecular flexibility index (Phi) is 10.1. The Morgan fingerprint density at radius 3 is 2.49 bits per heavy atom. The number of H-pyrrole nitrogens is 1. The predicted molar refractivity (Wildman–Crippen MR) is 158 cm³/mol. The molecule has 5 N–H and O–H groups in total. The maximum absolute atomic E-state index is 13.3. The first-order valence-electron chi connectivity index (χ1n) is 14.9. The number of carbonyl (C=O) groups excluding carboxylic acids is 5. The van der Waals surface area contributed by atoms with Gasteiger partial charge >= 0.3 is 0 Å². The normalized spacial score (nSPS) is 23.5. The topological polar surface area (TPSA) is 184 Å². The van der Waals surface area contributed by atoms with Gasteiger partial charge in [-0.25, -0.2) is 4.98 Å². The zero-order chi connectivity index (χ0) is 31.1. The van der Waals surface area contributed by atoms with Crippen LogP contribution in [0.4, 0.5) is 5.69 Å². The lowest BCUT2D eigenvalue weighted by molar-refractivity contribution is -0.138. The van der Waals surface area contributed by atoms with E-state index < -0.39 is 35.1 Å². The Hall–Kier alpha value is -4.29. The van der Waals surface area contributed by atoms with E-state index in [9.17, 15) is 28.8 Å². The quantitative estimate of drug-likeness (QED) is 0.230. The van der Waals surface area contributed by atoms with Crippen LogP contribution in [-0.4, -0.2) is 62.1 Å². The van der Waals surface area contributed by atoms with Gasteiger partial charge in [0.05, 0.1) is 12.5 Å². The number of Topliss-reactive ketones (excluding diaryl/α,β-unsaturated/α-hetero) is 1. The van der Waals surface area contributed by atoms with Crippen molar-refractivity contribution in [3.63, 3.8) is 0 Å². The molecule has 2 aliphatic carbocycles. The number of pyridine rings is 1. The zero-order valence-electron chi connectivity index (χ0n) is 24.9. The van der Waals surface area contributed by atoms with Crippen LogP contribution in [0.1, 0.15) is 76.2 Å². The van der Waals surface area contributed by atoms with Crippen molar-refractivity contribution in [2.75, 3.05) is 11.9 Å². The summed E-state index contributed by atoms with van der Waals surface area (Å²) in [5, 5.41) is 10.7. The van der Waals surface area contributed by atoms with E-state index in [1.54, 1.807) is 13.0 Å². The van der Waals surface area contributed by atoms with Gasteiger partial charge in [0.1, 0.15) is 24.0 Å². The highest BCUT2D eigenvalue weighted by molar-refractivity contribution is 6.36. The number of nitrogens with one attached hydrogen (secondary N) is 5. The number of ketones is 1. The fourth-order valence-electron chi connectivity index (χ4n) is 6.86. The Balaban J connectivity index is 1.44. The number of aromatic amines is 1. The molecule has 13 heteroatoms. The molecule has 2 aromatic heterocycles. The molecule has 2 fully saturated rings. The number of carbonyl (C=O) groups is 5. The molecule has 2 bridgehead atoms. The van der Waals surface area contributed by atoms with Crippen molar-refractivity contribution in [3.8, 4) is 0 Å². The Morgan fingerprint density at radius 1 is 1.12 bits per heavy atom. The summed E-state index contributed by atoms with van der Waals surface area (Å²) in [6.07, 6.45) is 8.67. The van der Waals surface area contributed by atoms with Gasteiger partial charge in [0, 0.05) is 24.7 Å². The standard InChI is InChI=1S/C30H41N7O6/c1-4-32-28(42)24(38)8-7-21(34-27(41)23-15-31-17-33-23)26(40)35-22-6-5-9-37(29(22)43)16-25(39)36-30-12-18(2)10-20(14-30)11-19(3)13-30/h5-6,9,15,17-21H,4,7-8,10-14,16H2,1-3H3,(H,31,33)(H,32,42)(H,34,41)(H,35,40)(H,36,39). The van der Waals surface area contributed by atoms with E-state index in [1.807, 2.05) is 0 Å². The summed E-state index contributed by atoms with van der Waals surface area (Å²) in [7, 11) is 0. The minimum absolute atomic E-state index is 0.0893. The number of nitrogens with zero attached hydrogens (tertiary/aromatic N) is 2. The maximum atomic E-state index is 13.3. The van der Waals surface area contributed by atoms with Gasteiger partial charge in [-0.1, -0.05) is 13.8 Å². The highest BCUT2D eigenvalue weighted by Crippen LogP contribution is 2.47.